The topological polar surface area (TPSA) is 55.1 Å². The minimum Gasteiger partial charge on any atom is -0.354 e. The second-order valence-corrected chi connectivity index (χ2v) is 6.09. The van der Waals surface area contributed by atoms with Crippen LogP contribution in [0.3, 0.4) is 0 Å². The number of nitrogens with two attached hydrogens (primary N) is 1. The molecule has 1 aromatic carbocycles. The molecule has 0 saturated heterocycles. The average Bonchev–Trinajstić information content (AvgIpc) is 2.49. The van der Waals surface area contributed by atoms with Crippen LogP contribution >= 0.6 is 0 Å². The third-order valence-electron chi connectivity index (χ3n) is 4.43. The van der Waals surface area contributed by atoms with Crippen molar-refractivity contribution in [2.45, 2.75) is 45.1 Å². The third-order valence-corrected chi connectivity index (χ3v) is 4.43. The van der Waals surface area contributed by atoms with E-state index >= 15 is 0 Å². The predicted molar refractivity (Wildman–Crippen MR) is 82.1 cm³/mol. The van der Waals surface area contributed by atoms with Crippen LogP contribution in [0.4, 0.5) is 0 Å². The van der Waals surface area contributed by atoms with Crippen molar-refractivity contribution in [3.05, 3.63) is 35.9 Å². The van der Waals surface area contributed by atoms with Crippen LogP contribution in [0.1, 0.15) is 50.6 Å². The standard InChI is InChI=1S/C17H26N2O/c1-13-7-9-14(10-8-13)11-12-19-17(20)16(18)15-5-3-2-4-6-15/h2-6,13-14,16H,7-12,18H2,1H3,(H,19,20)/t13?,14?,16-/m0/s1. The molecule has 1 aliphatic rings. The van der Waals surface area contributed by atoms with Crippen LogP contribution in [-0.2, 0) is 4.79 Å². The minimum absolute atomic E-state index is 0.0691. The van der Waals surface area contributed by atoms with Gasteiger partial charge in [-0.3, -0.25) is 4.79 Å². The fraction of sp³-hybridized carbons (Fsp3) is 0.588. The van der Waals surface area contributed by atoms with E-state index in [4.69, 9.17) is 5.73 Å². The second kappa shape index (κ2) is 7.44. The molecule has 3 heteroatoms. The van der Waals surface area contributed by atoms with Crippen LogP contribution in [0, 0.1) is 11.8 Å². The molecule has 0 aliphatic heterocycles. The number of benzene rings is 1. The van der Waals surface area contributed by atoms with Crippen LogP contribution in [-0.4, -0.2) is 12.5 Å². The van der Waals surface area contributed by atoms with E-state index in [0.29, 0.717) is 0 Å². The van der Waals surface area contributed by atoms with Gasteiger partial charge in [0.25, 0.3) is 0 Å². The number of carbonyl (C=O) groups excluding carboxylic acids is 1. The van der Waals surface area contributed by atoms with E-state index in [0.717, 1.165) is 30.4 Å². The summed E-state index contributed by atoms with van der Waals surface area (Å²) in [6.45, 7) is 3.08. The predicted octanol–water partition coefficient (Wildman–Crippen LogP) is 3.02. The highest BCUT2D eigenvalue weighted by molar-refractivity contribution is 5.82. The van der Waals surface area contributed by atoms with Crippen molar-refractivity contribution in [3.8, 4) is 0 Å². The first-order chi connectivity index (χ1) is 9.66. The van der Waals surface area contributed by atoms with Gasteiger partial charge in [0.15, 0.2) is 0 Å². The first kappa shape index (κ1) is 15.0. The van der Waals surface area contributed by atoms with Gasteiger partial charge in [0.2, 0.25) is 5.91 Å². The Bertz CT molecular complexity index is 410. The minimum atomic E-state index is -0.553. The summed E-state index contributed by atoms with van der Waals surface area (Å²) in [5.74, 6) is 1.59. The largest absolute Gasteiger partial charge is 0.354 e. The first-order valence-corrected chi connectivity index (χ1v) is 7.75. The molecule has 0 unspecified atom stereocenters. The van der Waals surface area contributed by atoms with E-state index < -0.39 is 6.04 Å². The molecule has 3 N–H and O–H groups in total. The van der Waals surface area contributed by atoms with Gasteiger partial charge in [0, 0.05) is 6.54 Å². The Hall–Kier alpha value is -1.35. The molecule has 1 amide bonds. The summed E-state index contributed by atoms with van der Waals surface area (Å²) >= 11 is 0. The van der Waals surface area contributed by atoms with E-state index in [2.05, 4.69) is 12.2 Å². The Morgan fingerprint density at radius 3 is 2.55 bits per heavy atom. The van der Waals surface area contributed by atoms with E-state index in [-0.39, 0.29) is 5.91 Å². The summed E-state index contributed by atoms with van der Waals surface area (Å²) in [4.78, 5) is 12.0. The van der Waals surface area contributed by atoms with Gasteiger partial charge in [-0.25, -0.2) is 0 Å². The fourth-order valence-corrected chi connectivity index (χ4v) is 2.94. The molecule has 110 valence electrons. The number of amides is 1. The molecule has 1 atom stereocenters. The Kier molecular flexibility index (Phi) is 5.60. The number of hydrogen-bond acceptors (Lipinski definition) is 2. The van der Waals surface area contributed by atoms with Crippen LogP contribution in [0.15, 0.2) is 30.3 Å². The highest BCUT2D eigenvalue weighted by Gasteiger charge is 2.19. The monoisotopic (exact) mass is 274 g/mol. The Morgan fingerprint density at radius 1 is 1.25 bits per heavy atom. The maximum absolute atomic E-state index is 12.0. The summed E-state index contributed by atoms with van der Waals surface area (Å²) in [5.41, 5.74) is 6.84. The van der Waals surface area contributed by atoms with Gasteiger partial charge in [-0.15, -0.1) is 0 Å². The van der Waals surface area contributed by atoms with Gasteiger partial charge >= 0.3 is 0 Å². The van der Waals surface area contributed by atoms with Crippen molar-refractivity contribution in [3.63, 3.8) is 0 Å². The van der Waals surface area contributed by atoms with E-state index in [1.807, 2.05) is 30.3 Å². The third kappa shape index (κ3) is 4.34. The van der Waals surface area contributed by atoms with Crippen molar-refractivity contribution in [2.75, 3.05) is 6.54 Å². The molecule has 0 bridgehead atoms. The van der Waals surface area contributed by atoms with Crippen molar-refractivity contribution in [2.24, 2.45) is 17.6 Å². The van der Waals surface area contributed by atoms with Gasteiger partial charge in [0.1, 0.15) is 6.04 Å². The molecular weight excluding hydrogens is 248 g/mol. The highest BCUT2D eigenvalue weighted by Crippen LogP contribution is 2.29. The number of carbonyl (C=O) groups is 1. The fourth-order valence-electron chi connectivity index (χ4n) is 2.94. The molecule has 2 rings (SSSR count). The maximum atomic E-state index is 12.0. The van der Waals surface area contributed by atoms with Gasteiger partial charge in [-0.05, 0) is 23.8 Å². The molecule has 1 fully saturated rings. The van der Waals surface area contributed by atoms with E-state index in [1.54, 1.807) is 0 Å². The van der Waals surface area contributed by atoms with Crippen molar-refractivity contribution in [1.82, 2.24) is 5.32 Å². The van der Waals surface area contributed by atoms with Crippen LogP contribution in [0.5, 0.6) is 0 Å². The zero-order chi connectivity index (χ0) is 14.4. The lowest BCUT2D eigenvalue weighted by Crippen LogP contribution is -2.35. The summed E-state index contributed by atoms with van der Waals surface area (Å²) < 4.78 is 0. The number of hydrogen-bond donors (Lipinski definition) is 2. The molecular formula is C17H26N2O. The smallest absolute Gasteiger partial charge is 0.241 e. The molecule has 1 aliphatic carbocycles. The van der Waals surface area contributed by atoms with Gasteiger partial charge < -0.3 is 11.1 Å². The van der Waals surface area contributed by atoms with Crippen LogP contribution in [0.2, 0.25) is 0 Å². The zero-order valence-electron chi connectivity index (χ0n) is 12.3. The molecule has 1 saturated carbocycles. The lowest BCUT2D eigenvalue weighted by Gasteiger charge is -2.26. The lowest BCUT2D eigenvalue weighted by molar-refractivity contribution is -0.122. The van der Waals surface area contributed by atoms with E-state index in [9.17, 15) is 4.79 Å². The molecule has 0 aromatic heterocycles. The maximum Gasteiger partial charge on any atom is 0.241 e. The SMILES string of the molecule is CC1CCC(CCNC(=O)[C@@H](N)c2ccccc2)CC1. The molecule has 0 radical (unpaired) electrons. The van der Waals surface area contributed by atoms with Gasteiger partial charge in [-0.2, -0.15) is 0 Å². The van der Waals surface area contributed by atoms with Crippen LogP contribution < -0.4 is 11.1 Å². The highest BCUT2D eigenvalue weighted by atomic mass is 16.2. The molecule has 20 heavy (non-hydrogen) atoms. The first-order valence-electron chi connectivity index (χ1n) is 7.75. The normalized spacial score (nSPS) is 24.1. The van der Waals surface area contributed by atoms with E-state index in [1.165, 1.54) is 25.7 Å². The summed E-state index contributed by atoms with van der Waals surface area (Å²) in [5, 5.41) is 2.98. The Balaban J connectivity index is 1.70. The summed E-state index contributed by atoms with van der Waals surface area (Å²) in [6, 6.07) is 8.98. The molecule has 3 nitrogen and oxygen atoms in total. The van der Waals surface area contributed by atoms with Crippen molar-refractivity contribution < 1.29 is 4.79 Å². The Labute approximate surface area is 121 Å². The second-order valence-electron chi connectivity index (χ2n) is 6.09. The number of nitrogens with one attached hydrogen (secondary N) is 1. The van der Waals surface area contributed by atoms with Crippen molar-refractivity contribution >= 4 is 5.91 Å². The van der Waals surface area contributed by atoms with Crippen molar-refractivity contribution in [1.29, 1.82) is 0 Å². The molecule has 0 heterocycles. The summed E-state index contributed by atoms with van der Waals surface area (Å²) in [7, 11) is 0. The summed E-state index contributed by atoms with van der Waals surface area (Å²) in [6.07, 6.45) is 6.37. The number of rotatable bonds is 5. The van der Waals surface area contributed by atoms with Gasteiger partial charge in [0.05, 0.1) is 0 Å². The van der Waals surface area contributed by atoms with Gasteiger partial charge in [-0.1, -0.05) is 62.9 Å². The molecule has 0 spiro atoms. The van der Waals surface area contributed by atoms with Crippen LogP contribution in [0.25, 0.3) is 0 Å². The zero-order valence-corrected chi connectivity index (χ0v) is 12.3. The quantitative estimate of drug-likeness (QED) is 0.867. The molecule has 1 aromatic rings. The Morgan fingerprint density at radius 2 is 1.90 bits per heavy atom. The average molecular weight is 274 g/mol. The lowest BCUT2D eigenvalue weighted by atomic mass is 9.81.